The van der Waals surface area contributed by atoms with Crippen molar-refractivity contribution in [2.24, 2.45) is 5.92 Å². The summed E-state index contributed by atoms with van der Waals surface area (Å²) in [6, 6.07) is 8.37. The van der Waals surface area contributed by atoms with Crippen molar-refractivity contribution in [1.29, 1.82) is 0 Å². The van der Waals surface area contributed by atoms with E-state index in [2.05, 4.69) is 10.4 Å². The number of piperidine rings is 1. The summed E-state index contributed by atoms with van der Waals surface area (Å²) in [5, 5.41) is 27.4. The van der Waals surface area contributed by atoms with Crippen molar-refractivity contribution in [3.63, 3.8) is 0 Å². The smallest absolute Gasteiger partial charge is 0.417 e. The lowest BCUT2D eigenvalue weighted by atomic mass is 9.76. The molecule has 3 N–H and O–H groups in total. The van der Waals surface area contributed by atoms with Crippen molar-refractivity contribution >= 4 is 28.6 Å². The highest BCUT2D eigenvalue weighted by molar-refractivity contribution is 5.94. The number of carbonyl (C=O) groups is 2. The highest BCUT2D eigenvalue weighted by atomic mass is 19.4. The van der Waals surface area contributed by atoms with E-state index in [9.17, 15) is 33.0 Å². The number of fused-ring (bicyclic) bond motifs is 1. The van der Waals surface area contributed by atoms with E-state index in [0.29, 0.717) is 62.4 Å². The van der Waals surface area contributed by atoms with Crippen LogP contribution >= 0.6 is 0 Å². The van der Waals surface area contributed by atoms with E-state index in [4.69, 9.17) is 0 Å². The molecule has 1 fully saturated rings. The Bertz CT molecular complexity index is 1400. The van der Waals surface area contributed by atoms with Crippen molar-refractivity contribution in [1.82, 2.24) is 14.7 Å². The lowest BCUT2D eigenvalue weighted by Gasteiger charge is -2.39. The van der Waals surface area contributed by atoms with Gasteiger partial charge in [0, 0.05) is 30.4 Å². The van der Waals surface area contributed by atoms with E-state index in [1.54, 1.807) is 38.1 Å². The number of nitrogens with one attached hydrogen (secondary N) is 1. The van der Waals surface area contributed by atoms with Gasteiger partial charge in [0.05, 0.1) is 27.8 Å². The summed E-state index contributed by atoms with van der Waals surface area (Å²) in [5.41, 5.74) is -1.73. The highest BCUT2D eigenvalue weighted by Crippen LogP contribution is 2.38. The molecule has 3 aromatic rings. The Morgan fingerprint density at radius 1 is 1.07 bits per heavy atom. The van der Waals surface area contributed by atoms with E-state index in [0.717, 1.165) is 6.07 Å². The summed E-state index contributed by atoms with van der Waals surface area (Å²) in [4.78, 5) is 26.4. The van der Waals surface area contributed by atoms with Crippen LogP contribution in [0.15, 0.2) is 42.6 Å². The first-order valence-corrected chi connectivity index (χ1v) is 13.9. The molecule has 0 bridgehead atoms. The molecule has 0 aliphatic carbocycles. The molecule has 41 heavy (non-hydrogen) atoms. The summed E-state index contributed by atoms with van der Waals surface area (Å²) < 4.78 is 43.6. The van der Waals surface area contributed by atoms with Crippen LogP contribution in [0.4, 0.5) is 23.7 Å². The van der Waals surface area contributed by atoms with Gasteiger partial charge in [-0.2, -0.15) is 18.3 Å². The van der Waals surface area contributed by atoms with Crippen LogP contribution in [0, 0.1) is 5.92 Å². The molecule has 222 valence electrons. The van der Waals surface area contributed by atoms with Gasteiger partial charge in [-0.15, -0.1) is 0 Å². The number of halogens is 3. The fourth-order valence-corrected chi connectivity index (χ4v) is 5.87. The summed E-state index contributed by atoms with van der Waals surface area (Å²) in [5.74, 6) is -0.628. The van der Waals surface area contributed by atoms with Gasteiger partial charge in [-0.3, -0.25) is 4.79 Å². The maximum atomic E-state index is 14.1. The Labute approximate surface area is 237 Å². The van der Waals surface area contributed by atoms with Gasteiger partial charge in [-0.1, -0.05) is 39.8 Å². The van der Waals surface area contributed by atoms with Crippen LogP contribution in [-0.2, 0) is 16.4 Å². The summed E-state index contributed by atoms with van der Waals surface area (Å²) in [6.45, 7) is 8.24. The first-order valence-electron chi connectivity index (χ1n) is 13.9. The zero-order valence-corrected chi connectivity index (χ0v) is 23.8. The molecule has 1 aliphatic heterocycles. The average molecular weight is 575 g/mol. The minimum absolute atomic E-state index is 0.0319. The van der Waals surface area contributed by atoms with Gasteiger partial charge in [0.25, 0.3) is 0 Å². The lowest BCUT2D eigenvalue weighted by Crippen LogP contribution is -2.48. The largest absolute Gasteiger partial charge is 0.481 e. The van der Waals surface area contributed by atoms with Crippen molar-refractivity contribution < 1.29 is 33.0 Å². The number of benzene rings is 2. The SMILES string of the molecule is CCC(CC)(C(=O)O)c1ccc(-n2cc3c(C(F)(F)F)cc(NC(=O)N4CCC(O)(CC(C)C)CC4)cc3n2)cc1. The minimum Gasteiger partial charge on any atom is -0.481 e. The van der Waals surface area contributed by atoms with E-state index in [1.165, 1.54) is 21.8 Å². The van der Waals surface area contributed by atoms with Gasteiger partial charge < -0.3 is 20.4 Å². The second kappa shape index (κ2) is 11.3. The number of rotatable bonds is 8. The highest BCUT2D eigenvalue weighted by Gasteiger charge is 2.38. The predicted molar refractivity (Wildman–Crippen MR) is 150 cm³/mol. The maximum Gasteiger partial charge on any atom is 0.417 e. The number of nitrogens with zero attached hydrogens (tertiary/aromatic N) is 3. The molecule has 0 spiro atoms. The zero-order valence-electron chi connectivity index (χ0n) is 23.8. The Hall–Kier alpha value is -3.60. The summed E-state index contributed by atoms with van der Waals surface area (Å²) >= 11 is 0. The van der Waals surface area contributed by atoms with Crippen molar-refractivity contribution in [3.8, 4) is 5.69 Å². The number of carboxylic acids is 1. The van der Waals surface area contributed by atoms with Gasteiger partial charge in [0.15, 0.2) is 0 Å². The number of anilines is 1. The number of aliphatic hydroxyl groups is 1. The Kier molecular flexibility index (Phi) is 8.40. The molecule has 0 saturated carbocycles. The van der Waals surface area contributed by atoms with E-state index < -0.39 is 34.8 Å². The monoisotopic (exact) mass is 574 g/mol. The topological polar surface area (TPSA) is 108 Å². The fourth-order valence-electron chi connectivity index (χ4n) is 5.87. The van der Waals surface area contributed by atoms with Crippen LogP contribution in [-0.4, -0.2) is 55.6 Å². The molecule has 1 aliphatic rings. The quantitative estimate of drug-likeness (QED) is 0.281. The molecular formula is C30H37F3N4O4. The Morgan fingerprint density at radius 3 is 2.20 bits per heavy atom. The third-order valence-corrected chi connectivity index (χ3v) is 8.25. The molecule has 2 heterocycles. The lowest BCUT2D eigenvalue weighted by molar-refractivity contribution is -0.144. The zero-order chi connectivity index (χ0) is 30.2. The number of likely N-dealkylation sites (tertiary alicyclic amines) is 1. The minimum atomic E-state index is -4.70. The van der Waals surface area contributed by atoms with Gasteiger partial charge in [-0.25, -0.2) is 9.48 Å². The van der Waals surface area contributed by atoms with Crippen LogP contribution in [0.3, 0.4) is 0 Å². The predicted octanol–water partition coefficient (Wildman–Crippen LogP) is 6.59. The molecular weight excluding hydrogens is 537 g/mol. The normalized spacial score (nSPS) is 15.9. The second-order valence-corrected chi connectivity index (χ2v) is 11.4. The van der Waals surface area contributed by atoms with E-state index in [1.807, 2.05) is 13.8 Å². The van der Waals surface area contributed by atoms with Crippen LogP contribution < -0.4 is 5.32 Å². The van der Waals surface area contributed by atoms with Crippen LogP contribution in [0.5, 0.6) is 0 Å². The van der Waals surface area contributed by atoms with E-state index >= 15 is 0 Å². The molecule has 0 unspecified atom stereocenters. The third-order valence-electron chi connectivity index (χ3n) is 8.25. The number of alkyl halides is 3. The second-order valence-electron chi connectivity index (χ2n) is 11.4. The van der Waals surface area contributed by atoms with Crippen LogP contribution in [0.2, 0.25) is 0 Å². The number of urea groups is 1. The van der Waals surface area contributed by atoms with Crippen molar-refractivity contribution in [3.05, 3.63) is 53.7 Å². The Morgan fingerprint density at radius 2 is 1.68 bits per heavy atom. The first kappa shape index (κ1) is 30.4. The number of amides is 2. The molecule has 8 nitrogen and oxygen atoms in total. The molecule has 1 aromatic heterocycles. The molecule has 2 amide bonds. The van der Waals surface area contributed by atoms with Gasteiger partial charge >= 0.3 is 18.2 Å². The molecule has 1 saturated heterocycles. The first-order chi connectivity index (χ1) is 19.2. The molecule has 0 radical (unpaired) electrons. The Balaban J connectivity index is 1.60. The van der Waals surface area contributed by atoms with Crippen molar-refractivity contribution in [2.75, 3.05) is 18.4 Å². The summed E-state index contributed by atoms with van der Waals surface area (Å²) in [7, 11) is 0. The number of carboxylic acid groups (broad SMARTS) is 1. The fraction of sp³-hybridized carbons (Fsp3) is 0.500. The molecule has 4 rings (SSSR count). The van der Waals surface area contributed by atoms with Gasteiger partial charge in [0.2, 0.25) is 0 Å². The van der Waals surface area contributed by atoms with Crippen molar-refractivity contribution in [2.45, 2.75) is 77.0 Å². The third kappa shape index (κ3) is 6.19. The van der Waals surface area contributed by atoms with Gasteiger partial charge in [-0.05, 0) is 67.9 Å². The molecule has 0 atom stereocenters. The molecule has 2 aromatic carbocycles. The van der Waals surface area contributed by atoms with Gasteiger partial charge in [0.1, 0.15) is 0 Å². The van der Waals surface area contributed by atoms with Crippen LogP contribution in [0.25, 0.3) is 16.6 Å². The standard InChI is InChI=1S/C30H37F3N4O4/c1-5-29(6-2,26(38)39)20-7-9-22(10-8-20)37-18-23-24(30(31,32)33)15-21(16-25(23)35-37)34-27(40)36-13-11-28(41,12-14-36)17-19(3)4/h7-10,15-16,18-19,41H,5-6,11-14,17H2,1-4H3,(H,34,40)(H,38,39). The summed E-state index contributed by atoms with van der Waals surface area (Å²) in [6.07, 6.45) is -1.21. The number of hydrogen-bond acceptors (Lipinski definition) is 4. The number of aromatic nitrogens is 2. The number of carbonyl (C=O) groups excluding carboxylic acids is 1. The number of aliphatic carboxylic acids is 1. The van der Waals surface area contributed by atoms with Crippen LogP contribution in [0.1, 0.15) is 70.9 Å². The molecule has 11 heteroatoms. The number of hydrogen-bond donors (Lipinski definition) is 3. The average Bonchev–Trinajstić information content (AvgIpc) is 3.32. The van der Waals surface area contributed by atoms with E-state index in [-0.39, 0.29) is 16.6 Å². The maximum absolute atomic E-state index is 14.1.